The molecule has 0 aliphatic rings. The van der Waals surface area contributed by atoms with Crippen LogP contribution in [-0.4, -0.2) is 23.8 Å². The molecule has 0 aliphatic heterocycles. The lowest BCUT2D eigenvalue weighted by Crippen LogP contribution is -1.94. The first-order valence-corrected chi connectivity index (χ1v) is 20.4. The van der Waals surface area contributed by atoms with Crippen LogP contribution in [0.25, 0.3) is 112 Å². The van der Waals surface area contributed by atoms with E-state index in [1.807, 2.05) is 36.4 Å². The molecule has 6 heteroatoms. The molecule has 0 spiro atoms. The normalized spacial score (nSPS) is 11.6. The SMILES string of the molecule is c1ccc(-c2nc3ccccn3c2-c2cccc(-c3cc(-c4ccc5c(c4)oc4ccccc45)cc(-c4cccc(-c5c(-c6ccccc6)nc6ccccn56)c4)n3)c2)cc1. The van der Waals surface area contributed by atoms with Crippen molar-refractivity contribution in [2.75, 3.05) is 0 Å². The molecule has 0 fully saturated rings. The molecule has 12 rings (SSSR count). The molecule has 0 saturated heterocycles. The minimum absolute atomic E-state index is 0.852. The van der Waals surface area contributed by atoms with Gasteiger partial charge in [-0.2, -0.15) is 0 Å². The van der Waals surface area contributed by atoms with Crippen molar-refractivity contribution < 1.29 is 4.42 Å². The van der Waals surface area contributed by atoms with Crippen molar-refractivity contribution >= 4 is 33.2 Å². The molecule has 6 aromatic heterocycles. The molecule has 0 bridgehead atoms. The van der Waals surface area contributed by atoms with E-state index in [0.29, 0.717) is 0 Å². The van der Waals surface area contributed by atoms with Gasteiger partial charge in [0.25, 0.3) is 0 Å². The van der Waals surface area contributed by atoms with Gasteiger partial charge in [0.2, 0.25) is 0 Å². The largest absolute Gasteiger partial charge is 0.456 e. The van der Waals surface area contributed by atoms with Crippen molar-refractivity contribution in [1.82, 2.24) is 23.8 Å². The summed E-state index contributed by atoms with van der Waals surface area (Å²) in [6, 6.07) is 69.5. The Hall–Kier alpha value is -8.35. The van der Waals surface area contributed by atoms with E-state index in [2.05, 4.69) is 185 Å². The smallest absolute Gasteiger partial charge is 0.137 e. The van der Waals surface area contributed by atoms with Crippen LogP contribution in [-0.2, 0) is 0 Å². The fraction of sp³-hybridized carbons (Fsp3) is 0. The number of hydrogen-bond acceptors (Lipinski definition) is 4. The Bertz CT molecular complexity index is 3420. The van der Waals surface area contributed by atoms with Crippen LogP contribution in [0.5, 0.6) is 0 Å². The highest BCUT2D eigenvalue weighted by Crippen LogP contribution is 2.39. The number of para-hydroxylation sites is 1. The minimum atomic E-state index is 0.852. The van der Waals surface area contributed by atoms with Gasteiger partial charge in [0, 0.05) is 56.5 Å². The summed E-state index contributed by atoms with van der Waals surface area (Å²) in [5, 5.41) is 2.21. The van der Waals surface area contributed by atoms with Crippen molar-refractivity contribution in [1.29, 1.82) is 0 Å². The zero-order valence-corrected chi connectivity index (χ0v) is 32.9. The molecule has 61 heavy (non-hydrogen) atoms. The zero-order valence-electron chi connectivity index (χ0n) is 32.9. The molecule has 0 amide bonds. The standard InChI is InChI=1S/C55H35N5O/c1-3-15-36(16-4-1)52-54(59-29-11-9-25-50(59)57-52)41-21-13-19-39(31-41)46-33-43(38-27-28-45-44-23-7-8-24-48(44)61-49(45)35-38)34-47(56-46)40-20-14-22-42(32-40)55-53(37-17-5-2-6-18-37)58-51-26-10-12-30-60(51)55/h1-35H. The lowest BCUT2D eigenvalue weighted by Gasteiger charge is -2.13. The molecule has 0 unspecified atom stereocenters. The van der Waals surface area contributed by atoms with Gasteiger partial charge in [-0.25, -0.2) is 15.0 Å². The van der Waals surface area contributed by atoms with Gasteiger partial charge in [-0.05, 0) is 77.9 Å². The van der Waals surface area contributed by atoms with Crippen LogP contribution in [0.3, 0.4) is 0 Å². The monoisotopic (exact) mass is 781 g/mol. The molecule has 6 nitrogen and oxygen atoms in total. The van der Waals surface area contributed by atoms with Gasteiger partial charge in [0.15, 0.2) is 0 Å². The third-order valence-electron chi connectivity index (χ3n) is 11.6. The number of imidazole rings is 2. The topological polar surface area (TPSA) is 60.6 Å². The van der Waals surface area contributed by atoms with Crippen LogP contribution in [0.4, 0.5) is 0 Å². The fourth-order valence-corrected chi connectivity index (χ4v) is 8.69. The maximum Gasteiger partial charge on any atom is 0.137 e. The quantitative estimate of drug-likeness (QED) is 0.162. The molecule has 12 aromatic rings. The first-order chi connectivity index (χ1) is 30.2. The van der Waals surface area contributed by atoms with Gasteiger partial charge in [0.05, 0.1) is 34.2 Å². The summed E-state index contributed by atoms with van der Waals surface area (Å²) in [6.07, 6.45) is 4.17. The Kier molecular flexibility index (Phi) is 8.06. The van der Waals surface area contributed by atoms with E-state index in [1.54, 1.807) is 0 Å². The number of furan rings is 1. The minimum Gasteiger partial charge on any atom is -0.456 e. The number of nitrogens with zero attached hydrogens (tertiary/aromatic N) is 5. The highest BCUT2D eigenvalue weighted by molar-refractivity contribution is 6.06. The molecular formula is C55H35N5O. The second kappa shape index (κ2) is 14.2. The van der Waals surface area contributed by atoms with E-state index >= 15 is 0 Å². The Morgan fingerprint density at radius 3 is 1.39 bits per heavy atom. The summed E-state index contributed by atoms with van der Waals surface area (Å²) >= 11 is 0. The van der Waals surface area contributed by atoms with Crippen LogP contribution in [0, 0.1) is 0 Å². The Morgan fingerprint density at radius 1 is 0.311 bits per heavy atom. The maximum atomic E-state index is 6.39. The Balaban J connectivity index is 1.05. The predicted molar refractivity (Wildman–Crippen MR) is 247 cm³/mol. The Morgan fingerprint density at radius 2 is 0.803 bits per heavy atom. The number of pyridine rings is 3. The van der Waals surface area contributed by atoms with Crippen molar-refractivity contribution in [2.24, 2.45) is 0 Å². The van der Waals surface area contributed by atoms with Crippen molar-refractivity contribution in [3.05, 3.63) is 213 Å². The van der Waals surface area contributed by atoms with E-state index < -0.39 is 0 Å². The summed E-state index contributed by atoms with van der Waals surface area (Å²) in [4.78, 5) is 15.7. The summed E-state index contributed by atoms with van der Waals surface area (Å²) in [5.41, 5.74) is 17.5. The highest BCUT2D eigenvalue weighted by Gasteiger charge is 2.20. The van der Waals surface area contributed by atoms with Gasteiger partial charge in [0.1, 0.15) is 22.5 Å². The second-order valence-electron chi connectivity index (χ2n) is 15.3. The van der Waals surface area contributed by atoms with E-state index in [0.717, 1.165) is 112 Å². The van der Waals surface area contributed by atoms with Gasteiger partial charge in [-0.15, -0.1) is 0 Å². The summed E-state index contributed by atoms with van der Waals surface area (Å²) in [7, 11) is 0. The number of aromatic nitrogens is 5. The van der Waals surface area contributed by atoms with E-state index in [4.69, 9.17) is 19.4 Å². The molecule has 0 atom stereocenters. The van der Waals surface area contributed by atoms with Gasteiger partial charge >= 0.3 is 0 Å². The Labute approximate surface area is 351 Å². The summed E-state index contributed by atoms with van der Waals surface area (Å²) in [5.74, 6) is 0. The van der Waals surface area contributed by atoms with Crippen LogP contribution in [0.1, 0.15) is 0 Å². The van der Waals surface area contributed by atoms with Gasteiger partial charge in [-0.3, -0.25) is 8.80 Å². The lowest BCUT2D eigenvalue weighted by atomic mass is 9.96. The first-order valence-electron chi connectivity index (χ1n) is 20.4. The zero-order chi connectivity index (χ0) is 40.3. The van der Waals surface area contributed by atoms with Crippen molar-refractivity contribution in [2.45, 2.75) is 0 Å². The van der Waals surface area contributed by atoms with Crippen LogP contribution in [0.2, 0.25) is 0 Å². The van der Waals surface area contributed by atoms with Crippen LogP contribution in [0.15, 0.2) is 217 Å². The van der Waals surface area contributed by atoms with Crippen LogP contribution < -0.4 is 0 Å². The number of hydrogen-bond donors (Lipinski definition) is 0. The van der Waals surface area contributed by atoms with E-state index in [1.165, 1.54) is 0 Å². The van der Waals surface area contributed by atoms with Crippen molar-refractivity contribution in [3.63, 3.8) is 0 Å². The average molecular weight is 782 g/mol. The third kappa shape index (κ3) is 6.00. The number of fused-ring (bicyclic) bond motifs is 5. The molecule has 6 heterocycles. The molecule has 0 N–H and O–H groups in total. The molecule has 0 aliphatic carbocycles. The van der Waals surface area contributed by atoms with Gasteiger partial charge in [-0.1, -0.05) is 133 Å². The summed E-state index contributed by atoms with van der Waals surface area (Å²) < 4.78 is 10.7. The lowest BCUT2D eigenvalue weighted by molar-refractivity contribution is 0.669. The van der Waals surface area contributed by atoms with Gasteiger partial charge < -0.3 is 4.42 Å². The molecular weight excluding hydrogens is 747 g/mol. The fourth-order valence-electron chi connectivity index (χ4n) is 8.69. The van der Waals surface area contributed by atoms with E-state index in [-0.39, 0.29) is 0 Å². The maximum absolute atomic E-state index is 6.39. The first kappa shape index (κ1) is 34.7. The second-order valence-corrected chi connectivity index (χ2v) is 15.3. The third-order valence-corrected chi connectivity index (χ3v) is 11.6. The van der Waals surface area contributed by atoms with Crippen molar-refractivity contribution in [3.8, 4) is 78.7 Å². The molecule has 0 saturated carbocycles. The predicted octanol–water partition coefficient (Wildman–Crippen LogP) is 13.9. The summed E-state index contributed by atoms with van der Waals surface area (Å²) in [6.45, 7) is 0. The number of rotatable bonds is 7. The molecule has 6 aromatic carbocycles. The number of benzene rings is 6. The van der Waals surface area contributed by atoms with E-state index in [9.17, 15) is 0 Å². The molecule has 286 valence electrons. The van der Waals surface area contributed by atoms with Crippen LogP contribution >= 0.6 is 0 Å². The average Bonchev–Trinajstić information content (AvgIpc) is 4.04. The molecule has 0 radical (unpaired) electrons. The highest BCUT2D eigenvalue weighted by atomic mass is 16.3.